The molecule has 0 spiro atoms. The summed E-state index contributed by atoms with van der Waals surface area (Å²) in [6.45, 7) is 0. The Morgan fingerprint density at radius 2 is 2.39 bits per heavy atom. The lowest BCUT2D eigenvalue weighted by atomic mass is 9.94. The standard InChI is InChI=1S/C13H14N4O/c18-13(10-4-2-1-3-5-10)16-11-8-14-12-6-7-15-17(12)9-11/h1-2,6-10H,3-5H2,(H,16,18)/t10-/m1/s1. The monoisotopic (exact) mass is 242 g/mol. The molecule has 0 fully saturated rings. The summed E-state index contributed by atoms with van der Waals surface area (Å²) in [6, 6.07) is 1.82. The number of amides is 1. The van der Waals surface area contributed by atoms with Crippen LogP contribution >= 0.6 is 0 Å². The number of carbonyl (C=O) groups is 1. The van der Waals surface area contributed by atoms with Crippen LogP contribution in [0.2, 0.25) is 0 Å². The Morgan fingerprint density at radius 3 is 3.22 bits per heavy atom. The maximum absolute atomic E-state index is 12.0. The van der Waals surface area contributed by atoms with Crippen molar-refractivity contribution in [3.63, 3.8) is 0 Å². The highest BCUT2D eigenvalue weighted by Crippen LogP contribution is 2.20. The van der Waals surface area contributed by atoms with Crippen LogP contribution in [-0.2, 0) is 4.79 Å². The normalized spacial score (nSPS) is 19.0. The van der Waals surface area contributed by atoms with Crippen molar-refractivity contribution >= 4 is 17.2 Å². The largest absolute Gasteiger partial charge is 0.323 e. The van der Waals surface area contributed by atoms with Crippen LogP contribution in [0.4, 0.5) is 5.69 Å². The van der Waals surface area contributed by atoms with E-state index in [2.05, 4.69) is 27.6 Å². The van der Waals surface area contributed by atoms with Crippen LogP contribution in [0, 0.1) is 5.92 Å². The van der Waals surface area contributed by atoms with Crippen molar-refractivity contribution in [3.05, 3.63) is 36.8 Å². The molecule has 1 aliphatic carbocycles. The van der Waals surface area contributed by atoms with Gasteiger partial charge in [0.15, 0.2) is 5.65 Å². The van der Waals surface area contributed by atoms with E-state index in [0.717, 1.165) is 24.9 Å². The molecule has 1 aliphatic rings. The third kappa shape index (κ3) is 2.11. The highest BCUT2D eigenvalue weighted by Gasteiger charge is 2.18. The average molecular weight is 242 g/mol. The first-order chi connectivity index (χ1) is 8.83. The number of fused-ring (bicyclic) bond motifs is 1. The molecule has 18 heavy (non-hydrogen) atoms. The molecule has 92 valence electrons. The lowest BCUT2D eigenvalue weighted by Gasteiger charge is -2.17. The molecule has 0 saturated carbocycles. The summed E-state index contributed by atoms with van der Waals surface area (Å²) in [5.41, 5.74) is 1.46. The van der Waals surface area contributed by atoms with Crippen LogP contribution in [0.3, 0.4) is 0 Å². The molecule has 1 amide bonds. The van der Waals surface area contributed by atoms with Crippen molar-refractivity contribution in [2.45, 2.75) is 19.3 Å². The Morgan fingerprint density at radius 1 is 1.44 bits per heavy atom. The zero-order chi connectivity index (χ0) is 12.4. The number of aromatic nitrogens is 3. The van der Waals surface area contributed by atoms with Gasteiger partial charge in [0.05, 0.1) is 24.3 Å². The molecule has 0 unspecified atom stereocenters. The van der Waals surface area contributed by atoms with Gasteiger partial charge >= 0.3 is 0 Å². The third-order valence-electron chi connectivity index (χ3n) is 3.15. The van der Waals surface area contributed by atoms with Crippen LogP contribution < -0.4 is 5.32 Å². The molecule has 0 aliphatic heterocycles. The first kappa shape index (κ1) is 11.0. The van der Waals surface area contributed by atoms with Gasteiger partial charge in [0.25, 0.3) is 0 Å². The first-order valence-corrected chi connectivity index (χ1v) is 6.08. The number of rotatable bonds is 2. The Bertz CT molecular complexity index is 602. The second kappa shape index (κ2) is 4.60. The molecule has 2 heterocycles. The highest BCUT2D eigenvalue weighted by atomic mass is 16.1. The second-order valence-corrected chi connectivity index (χ2v) is 4.45. The summed E-state index contributed by atoms with van der Waals surface area (Å²) < 4.78 is 1.65. The quantitative estimate of drug-likeness (QED) is 0.820. The topological polar surface area (TPSA) is 59.3 Å². The van der Waals surface area contributed by atoms with E-state index in [1.165, 1.54) is 0 Å². The molecule has 1 atom stereocenters. The summed E-state index contributed by atoms with van der Waals surface area (Å²) in [5.74, 6) is 0.135. The molecule has 2 aromatic heterocycles. The van der Waals surface area contributed by atoms with Crippen molar-refractivity contribution in [1.29, 1.82) is 0 Å². The number of nitrogens with zero attached hydrogens (tertiary/aromatic N) is 3. The Kier molecular flexibility index (Phi) is 2.80. The SMILES string of the molecule is O=C(Nc1cnc2ccnn2c1)[C@@H]1CC=CCC1. The molecule has 3 rings (SSSR count). The Balaban J connectivity index is 1.74. The summed E-state index contributed by atoms with van der Waals surface area (Å²) in [6.07, 6.45) is 12.0. The van der Waals surface area contributed by atoms with Gasteiger partial charge in [0.1, 0.15) is 0 Å². The summed E-state index contributed by atoms with van der Waals surface area (Å²) in [7, 11) is 0. The minimum atomic E-state index is 0.0626. The number of nitrogens with one attached hydrogen (secondary N) is 1. The molecule has 0 saturated heterocycles. The zero-order valence-electron chi connectivity index (χ0n) is 9.91. The fourth-order valence-corrected chi connectivity index (χ4v) is 2.15. The minimum absolute atomic E-state index is 0.0626. The maximum atomic E-state index is 12.0. The Labute approximate surface area is 105 Å². The van der Waals surface area contributed by atoms with E-state index in [9.17, 15) is 4.79 Å². The van der Waals surface area contributed by atoms with Gasteiger partial charge in [0.2, 0.25) is 5.91 Å². The van der Waals surface area contributed by atoms with Gasteiger partial charge in [-0.3, -0.25) is 4.79 Å². The van der Waals surface area contributed by atoms with E-state index in [1.807, 2.05) is 6.07 Å². The lowest BCUT2D eigenvalue weighted by molar-refractivity contribution is -0.120. The fourth-order valence-electron chi connectivity index (χ4n) is 2.15. The Hall–Kier alpha value is -2.17. The number of hydrogen-bond acceptors (Lipinski definition) is 3. The lowest BCUT2D eigenvalue weighted by Crippen LogP contribution is -2.23. The summed E-state index contributed by atoms with van der Waals surface area (Å²) in [5, 5.41) is 6.99. The molecule has 0 aromatic carbocycles. The molecular weight excluding hydrogens is 228 g/mol. The fraction of sp³-hybridized carbons (Fsp3) is 0.308. The van der Waals surface area contributed by atoms with Gasteiger partial charge in [-0.1, -0.05) is 12.2 Å². The van der Waals surface area contributed by atoms with E-state index < -0.39 is 0 Å². The third-order valence-corrected chi connectivity index (χ3v) is 3.15. The van der Waals surface area contributed by atoms with Crippen LogP contribution in [0.1, 0.15) is 19.3 Å². The number of carbonyl (C=O) groups excluding carboxylic acids is 1. The predicted molar refractivity (Wildman–Crippen MR) is 68.1 cm³/mol. The molecule has 1 N–H and O–H groups in total. The molecular formula is C13H14N4O. The first-order valence-electron chi connectivity index (χ1n) is 6.08. The maximum Gasteiger partial charge on any atom is 0.227 e. The van der Waals surface area contributed by atoms with Crippen molar-refractivity contribution in [3.8, 4) is 0 Å². The van der Waals surface area contributed by atoms with Crippen LogP contribution in [0.15, 0.2) is 36.8 Å². The van der Waals surface area contributed by atoms with Crippen molar-refractivity contribution in [1.82, 2.24) is 14.6 Å². The van der Waals surface area contributed by atoms with Gasteiger partial charge in [-0.05, 0) is 19.3 Å². The van der Waals surface area contributed by atoms with E-state index in [-0.39, 0.29) is 11.8 Å². The van der Waals surface area contributed by atoms with Crippen LogP contribution in [-0.4, -0.2) is 20.5 Å². The average Bonchev–Trinajstić information content (AvgIpc) is 2.87. The van der Waals surface area contributed by atoms with Gasteiger partial charge in [0, 0.05) is 12.0 Å². The highest BCUT2D eigenvalue weighted by molar-refractivity contribution is 5.92. The van der Waals surface area contributed by atoms with E-state index in [0.29, 0.717) is 5.69 Å². The van der Waals surface area contributed by atoms with Gasteiger partial charge < -0.3 is 5.32 Å². The zero-order valence-corrected chi connectivity index (χ0v) is 9.91. The van der Waals surface area contributed by atoms with Gasteiger partial charge in [-0.25, -0.2) is 9.50 Å². The predicted octanol–water partition coefficient (Wildman–Crippen LogP) is 2.02. The second-order valence-electron chi connectivity index (χ2n) is 4.45. The van der Waals surface area contributed by atoms with Crippen molar-refractivity contribution in [2.75, 3.05) is 5.32 Å². The van der Waals surface area contributed by atoms with Crippen molar-refractivity contribution in [2.24, 2.45) is 5.92 Å². The van der Waals surface area contributed by atoms with E-state index in [4.69, 9.17) is 0 Å². The van der Waals surface area contributed by atoms with E-state index >= 15 is 0 Å². The molecule has 0 radical (unpaired) electrons. The number of allylic oxidation sites excluding steroid dienone is 2. The molecule has 5 heteroatoms. The number of hydrogen-bond donors (Lipinski definition) is 1. The van der Waals surface area contributed by atoms with Crippen molar-refractivity contribution < 1.29 is 4.79 Å². The smallest absolute Gasteiger partial charge is 0.227 e. The summed E-state index contributed by atoms with van der Waals surface area (Å²) in [4.78, 5) is 16.3. The van der Waals surface area contributed by atoms with Gasteiger partial charge in [-0.2, -0.15) is 5.10 Å². The molecule has 5 nitrogen and oxygen atoms in total. The molecule has 2 aromatic rings. The summed E-state index contributed by atoms with van der Waals surface area (Å²) >= 11 is 0. The van der Waals surface area contributed by atoms with Crippen LogP contribution in [0.25, 0.3) is 5.65 Å². The van der Waals surface area contributed by atoms with E-state index in [1.54, 1.807) is 23.1 Å². The van der Waals surface area contributed by atoms with Crippen LogP contribution in [0.5, 0.6) is 0 Å². The minimum Gasteiger partial charge on any atom is -0.323 e. The number of anilines is 1. The molecule has 0 bridgehead atoms. The van der Waals surface area contributed by atoms with Gasteiger partial charge in [-0.15, -0.1) is 0 Å².